The molecule has 1 aromatic rings. The van der Waals surface area contributed by atoms with Gasteiger partial charge in [0, 0.05) is 6.07 Å². The van der Waals surface area contributed by atoms with E-state index < -0.39 is 21.7 Å². The zero-order valence-corrected chi connectivity index (χ0v) is 10.5. The average Bonchev–Trinajstić information content (AvgIpc) is 2.13. The number of nitrogens with one attached hydrogen (secondary N) is 1. The minimum absolute atomic E-state index is 0.202. The van der Waals surface area contributed by atoms with Crippen LogP contribution in [0, 0.1) is 18.6 Å². The van der Waals surface area contributed by atoms with Gasteiger partial charge in [-0.3, -0.25) is 4.72 Å². The van der Waals surface area contributed by atoms with E-state index in [9.17, 15) is 17.2 Å². The molecule has 1 aromatic carbocycles. The third-order valence-electron chi connectivity index (χ3n) is 1.54. The largest absolute Gasteiger partial charge is 0.281 e. The Morgan fingerprint density at radius 3 is 2.06 bits per heavy atom. The molecular weight excluding hydrogens is 236 g/mol. The Hall–Kier alpha value is -1.17. The molecule has 0 saturated heterocycles. The fourth-order valence-corrected chi connectivity index (χ4v) is 1.65. The Bertz CT molecular complexity index is 435. The molecule has 0 saturated carbocycles. The SMILES string of the molecule is CC.Cc1cc(F)cc(F)c1NS(C)(=O)=O. The van der Waals surface area contributed by atoms with Crippen molar-refractivity contribution in [2.45, 2.75) is 20.8 Å². The molecular formula is C10H15F2NO2S. The van der Waals surface area contributed by atoms with Crippen LogP contribution in [0.5, 0.6) is 0 Å². The van der Waals surface area contributed by atoms with Crippen molar-refractivity contribution in [3.8, 4) is 0 Å². The van der Waals surface area contributed by atoms with Crippen molar-refractivity contribution in [2.75, 3.05) is 11.0 Å². The Labute approximate surface area is 94.5 Å². The maximum Gasteiger partial charge on any atom is 0.229 e. The fourth-order valence-electron chi connectivity index (χ4n) is 1.02. The van der Waals surface area contributed by atoms with Gasteiger partial charge in [0.25, 0.3) is 0 Å². The second kappa shape index (κ2) is 5.79. The van der Waals surface area contributed by atoms with E-state index in [4.69, 9.17) is 0 Å². The van der Waals surface area contributed by atoms with Crippen LogP contribution < -0.4 is 4.72 Å². The van der Waals surface area contributed by atoms with E-state index in [-0.39, 0.29) is 11.3 Å². The highest BCUT2D eigenvalue weighted by atomic mass is 32.2. The third kappa shape index (κ3) is 4.57. The lowest BCUT2D eigenvalue weighted by Crippen LogP contribution is -2.12. The van der Waals surface area contributed by atoms with Crippen LogP contribution in [0.15, 0.2) is 12.1 Å². The van der Waals surface area contributed by atoms with Gasteiger partial charge in [-0.25, -0.2) is 17.2 Å². The second-order valence-electron chi connectivity index (χ2n) is 2.95. The molecule has 0 fully saturated rings. The predicted octanol–water partition coefficient (Wildman–Crippen LogP) is 2.67. The first-order chi connectivity index (χ1) is 7.29. The monoisotopic (exact) mass is 251 g/mol. The van der Waals surface area contributed by atoms with E-state index in [2.05, 4.69) is 0 Å². The van der Waals surface area contributed by atoms with Crippen molar-refractivity contribution < 1.29 is 17.2 Å². The smallest absolute Gasteiger partial charge is 0.229 e. The predicted molar refractivity (Wildman–Crippen MR) is 60.9 cm³/mol. The number of anilines is 1. The minimum Gasteiger partial charge on any atom is -0.281 e. The quantitative estimate of drug-likeness (QED) is 0.878. The number of hydrogen-bond donors (Lipinski definition) is 1. The van der Waals surface area contributed by atoms with Crippen LogP contribution in [0.3, 0.4) is 0 Å². The normalized spacial score (nSPS) is 10.4. The molecule has 6 heteroatoms. The lowest BCUT2D eigenvalue weighted by Gasteiger charge is -2.08. The summed E-state index contributed by atoms with van der Waals surface area (Å²) in [5.41, 5.74) is -0.0122. The molecule has 16 heavy (non-hydrogen) atoms. The minimum atomic E-state index is -3.55. The zero-order valence-electron chi connectivity index (χ0n) is 9.64. The molecule has 1 rings (SSSR count). The highest BCUT2D eigenvalue weighted by molar-refractivity contribution is 7.92. The molecule has 0 amide bonds. The van der Waals surface area contributed by atoms with Crippen molar-refractivity contribution in [3.05, 3.63) is 29.3 Å². The van der Waals surface area contributed by atoms with Gasteiger partial charge in [-0.05, 0) is 18.6 Å². The van der Waals surface area contributed by atoms with Gasteiger partial charge in [0.1, 0.15) is 11.6 Å². The van der Waals surface area contributed by atoms with Gasteiger partial charge >= 0.3 is 0 Å². The summed E-state index contributed by atoms with van der Waals surface area (Å²) in [5, 5.41) is 0. The first-order valence-electron chi connectivity index (χ1n) is 4.73. The maximum absolute atomic E-state index is 13.1. The molecule has 0 aliphatic rings. The highest BCUT2D eigenvalue weighted by Gasteiger charge is 2.11. The van der Waals surface area contributed by atoms with Gasteiger partial charge < -0.3 is 0 Å². The van der Waals surface area contributed by atoms with E-state index in [1.54, 1.807) is 0 Å². The molecule has 0 aromatic heterocycles. The number of sulfonamides is 1. The van der Waals surface area contributed by atoms with Crippen molar-refractivity contribution in [1.29, 1.82) is 0 Å². The molecule has 0 aliphatic carbocycles. The standard InChI is InChI=1S/C8H9F2NO2S.C2H6/c1-5-3-6(9)4-7(10)8(5)11-14(2,12)13;1-2/h3-4,11H,1-2H3;1-2H3. The summed E-state index contributed by atoms with van der Waals surface area (Å²) in [6.07, 6.45) is 0.898. The molecule has 3 nitrogen and oxygen atoms in total. The van der Waals surface area contributed by atoms with E-state index in [0.29, 0.717) is 6.07 Å². The van der Waals surface area contributed by atoms with E-state index in [1.807, 2.05) is 18.6 Å². The summed E-state index contributed by atoms with van der Waals surface area (Å²) in [6, 6.07) is 1.68. The number of halogens is 2. The summed E-state index contributed by atoms with van der Waals surface area (Å²) in [6.45, 7) is 5.42. The first kappa shape index (κ1) is 14.8. The van der Waals surface area contributed by atoms with Crippen molar-refractivity contribution in [3.63, 3.8) is 0 Å². The van der Waals surface area contributed by atoms with E-state index >= 15 is 0 Å². The number of rotatable bonds is 2. The van der Waals surface area contributed by atoms with Gasteiger partial charge in [0.15, 0.2) is 0 Å². The third-order valence-corrected chi connectivity index (χ3v) is 2.11. The fraction of sp³-hybridized carbons (Fsp3) is 0.400. The Morgan fingerprint density at radius 1 is 1.19 bits per heavy atom. The summed E-state index contributed by atoms with van der Waals surface area (Å²) < 4.78 is 49.3. The van der Waals surface area contributed by atoms with Gasteiger partial charge in [-0.2, -0.15) is 0 Å². The summed E-state index contributed by atoms with van der Waals surface area (Å²) >= 11 is 0. The van der Waals surface area contributed by atoms with Crippen LogP contribution in [0.4, 0.5) is 14.5 Å². The van der Waals surface area contributed by atoms with E-state index in [1.165, 1.54) is 6.92 Å². The Kier molecular flexibility index (Phi) is 5.37. The second-order valence-corrected chi connectivity index (χ2v) is 4.70. The number of hydrogen-bond acceptors (Lipinski definition) is 2. The molecule has 0 atom stereocenters. The van der Waals surface area contributed by atoms with Gasteiger partial charge in [-0.1, -0.05) is 13.8 Å². The summed E-state index contributed by atoms with van der Waals surface area (Å²) in [5.74, 6) is -1.66. The molecule has 0 spiro atoms. The van der Waals surface area contributed by atoms with Gasteiger partial charge in [0.05, 0.1) is 11.9 Å². The summed E-state index contributed by atoms with van der Waals surface area (Å²) in [4.78, 5) is 0. The summed E-state index contributed by atoms with van der Waals surface area (Å²) in [7, 11) is -3.55. The maximum atomic E-state index is 13.1. The van der Waals surface area contributed by atoms with E-state index in [0.717, 1.165) is 12.3 Å². The van der Waals surface area contributed by atoms with Gasteiger partial charge in [-0.15, -0.1) is 0 Å². The van der Waals surface area contributed by atoms with Crippen molar-refractivity contribution in [1.82, 2.24) is 0 Å². The highest BCUT2D eigenvalue weighted by Crippen LogP contribution is 2.21. The zero-order chi connectivity index (χ0) is 12.9. The molecule has 1 N–H and O–H groups in total. The molecule has 92 valence electrons. The van der Waals surface area contributed by atoms with Crippen LogP contribution in [0.25, 0.3) is 0 Å². The molecule has 0 aliphatic heterocycles. The molecule has 0 bridgehead atoms. The Morgan fingerprint density at radius 2 is 1.69 bits per heavy atom. The van der Waals surface area contributed by atoms with Crippen LogP contribution in [0.2, 0.25) is 0 Å². The molecule has 0 radical (unpaired) electrons. The molecule has 0 unspecified atom stereocenters. The average molecular weight is 251 g/mol. The lowest BCUT2D eigenvalue weighted by molar-refractivity contribution is 0.582. The van der Waals surface area contributed by atoms with Crippen molar-refractivity contribution in [2.24, 2.45) is 0 Å². The number of benzene rings is 1. The van der Waals surface area contributed by atoms with Gasteiger partial charge in [0.2, 0.25) is 10.0 Å². The van der Waals surface area contributed by atoms with Crippen LogP contribution in [-0.4, -0.2) is 14.7 Å². The van der Waals surface area contributed by atoms with Crippen LogP contribution in [0.1, 0.15) is 19.4 Å². The number of aryl methyl sites for hydroxylation is 1. The lowest BCUT2D eigenvalue weighted by atomic mass is 10.2. The van der Waals surface area contributed by atoms with Crippen LogP contribution >= 0.6 is 0 Å². The topological polar surface area (TPSA) is 46.2 Å². The Balaban J connectivity index is 0.00000106. The van der Waals surface area contributed by atoms with Crippen molar-refractivity contribution >= 4 is 15.7 Å². The van der Waals surface area contributed by atoms with Crippen LogP contribution in [-0.2, 0) is 10.0 Å². The molecule has 0 heterocycles. The first-order valence-corrected chi connectivity index (χ1v) is 6.62.